The number of para-hydroxylation sites is 1. The molecule has 0 amide bonds. The lowest BCUT2D eigenvalue weighted by molar-refractivity contribution is 0.0675. The summed E-state index contributed by atoms with van der Waals surface area (Å²) >= 11 is 0. The van der Waals surface area contributed by atoms with Crippen molar-refractivity contribution in [2.24, 2.45) is 0 Å². The number of aryl methyl sites for hydroxylation is 1. The number of carboxylic acid groups (broad SMARTS) is 2. The number of fused-ring (bicyclic) bond motifs is 1. The molecule has 2 aromatic carbocycles. The number of ether oxygens (including phenoxy) is 1. The second kappa shape index (κ2) is 15.0. The molecular formula is C31H39NO6. The zero-order chi connectivity index (χ0) is 27.3. The van der Waals surface area contributed by atoms with Crippen LogP contribution in [0.15, 0.2) is 48.5 Å². The lowest BCUT2D eigenvalue weighted by Crippen LogP contribution is -2.14. The van der Waals surface area contributed by atoms with Crippen LogP contribution in [0.1, 0.15) is 109 Å². The molecule has 0 saturated heterocycles. The highest BCUT2D eigenvalue weighted by atomic mass is 16.5. The first-order valence-electron chi connectivity index (χ1n) is 13.8. The lowest BCUT2D eigenvalue weighted by atomic mass is 10.0. The third-order valence-corrected chi connectivity index (χ3v) is 6.86. The molecule has 3 aromatic rings. The Labute approximate surface area is 224 Å². The predicted molar refractivity (Wildman–Crippen MR) is 149 cm³/mol. The number of nitrogens with zero attached hydrogens (tertiary/aromatic N) is 1. The molecule has 0 bridgehead atoms. The lowest BCUT2D eigenvalue weighted by Gasteiger charge is -2.10. The van der Waals surface area contributed by atoms with Gasteiger partial charge in [0.25, 0.3) is 0 Å². The van der Waals surface area contributed by atoms with E-state index in [9.17, 15) is 19.5 Å². The molecule has 2 N–H and O–H groups in total. The molecule has 0 atom stereocenters. The number of carbonyl (C=O) groups is 3. The molecule has 3 rings (SSSR count). The first kappa shape index (κ1) is 29.0. The molecule has 1 aromatic heterocycles. The van der Waals surface area contributed by atoms with E-state index in [-0.39, 0.29) is 17.0 Å². The van der Waals surface area contributed by atoms with Gasteiger partial charge in [0.2, 0.25) is 0 Å². The van der Waals surface area contributed by atoms with Gasteiger partial charge in [0, 0.05) is 23.9 Å². The Morgan fingerprint density at radius 2 is 1.39 bits per heavy atom. The number of hydrogen-bond donors (Lipinski definition) is 2. The molecule has 0 fully saturated rings. The number of rotatable bonds is 18. The highest BCUT2D eigenvalue weighted by Gasteiger charge is 2.26. The molecule has 0 unspecified atom stereocenters. The first-order valence-corrected chi connectivity index (χ1v) is 13.8. The number of aromatic nitrogens is 1. The molecule has 0 saturated carbocycles. The monoisotopic (exact) mass is 521 g/mol. The number of aromatic carboxylic acids is 2. The van der Waals surface area contributed by atoms with Crippen molar-refractivity contribution in [2.45, 2.75) is 84.1 Å². The molecule has 7 heteroatoms. The smallest absolute Gasteiger partial charge is 0.353 e. The van der Waals surface area contributed by atoms with Gasteiger partial charge in [0.05, 0.1) is 17.7 Å². The van der Waals surface area contributed by atoms with Gasteiger partial charge in [-0.2, -0.15) is 0 Å². The molecule has 0 spiro atoms. The molecule has 0 aliphatic heterocycles. The SMILES string of the molecule is CCCCCCCCCCCC(=O)c1c(C(=O)O)n(CCCOc2ccc(C(=O)O)cc2)c2ccccc12. The van der Waals surface area contributed by atoms with Crippen molar-refractivity contribution in [3.05, 3.63) is 65.4 Å². The van der Waals surface area contributed by atoms with Crippen LogP contribution in [-0.2, 0) is 6.54 Å². The van der Waals surface area contributed by atoms with E-state index < -0.39 is 11.9 Å². The first-order chi connectivity index (χ1) is 18.4. The maximum atomic E-state index is 13.3. The van der Waals surface area contributed by atoms with Gasteiger partial charge in [-0.1, -0.05) is 76.5 Å². The van der Waals surface area contributed by atoms with Gasteiger partial charge in [-0.25, -0.2) is 9.59 Å². The molecule has 204 valence electrons. The minimum atomic E-state index is -1.11. The van der Waals surface area contributed by atoms with E-state index in [0.29, 0.717) is 42.7 Å². The van der Waals surface area contributed by atoms with Crippen LogP contribution in [0.5, 0.6) is 5.75 Å². The zero-order valence-electron chi connectivity index (χ0n) is 22.3. The average Bonchev–Trinajstić information content (AvgIpc) is 3.25. The fourth-order valence-corrected chi connectivity index (χ4v) is 4.87. The van der Waals surface area contributed by atoms with E-state index in [1.165, 1.54) is 50.7 Å². The summed E-state index contributed by atoms with van der Waals surface area (Å²) in [5, 5.41) is 19.8. The molecular weight excluding hydrogens is 482 g/mol. The second-order valence-corrected chi connectivity index (χ2v) is 9.73. The topological polar surface area (TPSA) is 106 Å². The fraction of sp³-hybridized carbons (Fsp3) is 0.452. The summed E-state index contributed by atoms with van der Waals surface area (Å²) in [5.41, 5.74) is 1.25. The van der Waals surface area contributed by atoms with Crippen molar-refractivity contribution < 1.29 is 29.3 Å². The Kier molecular flexibility index (Phi) is 11.4. The third-order valence-electron chi connectivity index (χ3n) is 6.86. The van der Waals surface area contributed by atoms with Crippen molar-refractivity contribution in [3.63, 3.8) is 0 Å². The third kappa shape index (κ3) is 7.94. The fourth-order valence-electron chi connectivity index (χ4n) is 4.87. The Morgan fingerprint density at radius 1 is 0.763 bits per heavy atom. The van der Waals surface area contributed by atoms with Crippen molar-refractivity contribution in [1.29, 1.82) is 0 Å². The molecule has 7 nitrogen and oxygen atoms in total. The van der Waals surface area contributed by atoms with Crippen LogP contribution in [0, 0.1) is 0 Å². The van der Waals surface area contributed by atoms with E-state index in [0.717, 1.165) is 24.8 Å². The molecule has 0 aliphatic rings. The standard InChI is InChI=1S/C31H39NO6/c1-2-3-4-5-6-7-8-9-10-16-27(33)28-25-14-11-12-15-26(25)32(29(28)31(36)37)21-13-22-38-24-19-17-23(18-20-24)30(34)35/h11-12,14-15,17-20H,2-10,13,16,21-22H2,1H3,(H,34,35)(H,36,37). The minimum absolute atomic E-state index is 0.0398. The van der Waals surface area contributed by atoms with Crippen LogP contribution in [0.3, 0.4) is 0 Å². The van der Waals surface area contributed by atoms with Crippen LogP contribution < -0.4 is 4.74 Å². The van der Waals surface area contributed by atoms with Crippen LogP contribution in [0.25, 0.3) is 10.9 Å². The van der Waals surface area contributed by atoms with Gasteiger partial charge in [0.1, 0.15) is 11.4 Å². The van der Waals surface area contributed by atoms with E-state index in [1.807, 2.05) is 24.3 Å². The summed E-state index contributed by atoms with van der Waals surface area (Å²) in [7, 11) is 0. The van der Waals surface area contributed by atoms with Crippen molar-refractivity contribution in [2.75, 3.05) is 6.61 Å². The van der Waals surface area contributed by atoms with Gasteiger partial charge in [-0.15, -0.1) is 0 Å². The van der Waals surface area contributed by atoms with Gasteiger partial charge in [-0.05, 0) is 43.2 Å². The van der Waals surface area contributed by atoms with E-state index >= 15 is 0 Å². The largest absolute Gasteiger partial charge is 0.494 e. The van der Waals surface area contributed by atoms with Crippen molar-refractivity contribution in [3.8, 4) is 5.75 Å². The molecule has 38 heavy (non-hydrogen) atoms. The van der Waals surface area contributed by atoms with Gasteiger partial charge < -0.3 is 19.5 Å². The van der Waals surface area contributed by atoms with E-state index in [2.05, 4.69) is 6.92 Å². The Morgan fingerprint density at radius 3 is 2.03 bits per heavy atom. The summed E-state index contributed by atoms with van der Waals surface area (Å²) in [4.78, 5) is 36.6. The minimum Gasteiger partial charge on any atom is -0.494 e. The zero-order valence-corrected chi connectivity index (χ0v) is 22.3. The second-order valence-electron chi connectivity index (χ2n) is 9.73. The Hall–Kier alpha value is -3.61. The predicted octanol–water partition coefficient (Wildman–Crippen LogP) is 7.61. The number of benzene rings is 2. The Balaban J connectivity index is 1.61. The number of unbranched alkanes of at least 4 members (excludes halogenated alkanes) is 8. The molecule has 0 aliphatic carbocycles. The van der Waals surface area contributed by atoms with E-state index in [4.69, 9.17) is 9.84 Å². The van der Waals surface area contributed by atoms with Crippen molar-refractivity contribution >= 4 is 28.6 Å². The van der Waals surface area contributed by atoms with Gasteiger partial charge >= 0.3 is 11.9 Å². The van der Waals surface area contributed by atoms with E-state index in [1.54, 1.807) is 16.7 Å². The summed E-state index contributed by atoms with van der Waals surface area (Å²) in [6, 6.07) is 13.5. The average molecular weight is 522 g/mol. The maximum Gasteiger partial charge on any atom is 0.353 e. The number of carbonyl (C=O) groups excluding carboxylic acids is 1. The van der Waals surface area contributed by atoms with Crippen molar-refractivity contribution in [1.82, 2.24) is 4.57 Å². The van der Waals surface area contributed by atoms with Crippen LogP contribution >= 0.6 is 0 Å². The quantitative estimate of drug-likeness (QED) is 0.132. The number of ketones is 1. The van der Waals surface area contributed by atoms with Crippen LogP contribution in [0.2, 0.25) is 0 Å². The highest BCUT2D eigenvalue weighted by Crippen LogP contribution is 2.29. The highest BCUT2D eigenvalue weighted by molar-refractivity contribution is 6.15. The van der Waals surface area contributed by atoms with Gasteiger partial charge in [-0.3, -0.25) is 4.79 Å². The van der Waals surface area contributed by atoms with Crippen LogP contribution in [0.4, 0.5) is 0 Å². The number of carboxylic acids is 2. The normalized spacial score (nSPS) is 11.1. The van der Waals surface area contributed by atoms with Gasteiger partial charge in [0.15, 0.2) is 5.78 Å². The molecule has 1 heterocycles. The number of hydrogen-bond acceptors (Lipinski definition) is 4. The number of Topliss-reactive ketones (excluding diaryl/α,β-unsaturated/α-hetero) is 1. The Bertz CT molecular complexity index is 1210. The summed E-state index contributed by atoms with van der Waals surface area (Å²) in [6.45, 7) is 2.91. The molecule has 0 radical (unpaired) electrons. The summed E-state index contributed by atoms with van der Waals surface area (Å²) in [6.07, 6.45) is 11.2. The van der Waals surface area contributed by atoms with Crippen LogP contribution in [-0.4, -0.2) is 39.1 Å². The maximum absolute atomic E-state index is 13.3. The summed E-state index contributed by atoms with van der Waals surface area (Å²) in [5.74, 6) is -1.68. The summed E-state index contributed by atoms with van der Waals surface area (Å²) < 4.78 is 7.43.